The Kier molecular flexibility index (Phi) is 16.9. The average molecular weight is 617 g/mol. The van der Waals surface area contributed by atoms with Crippen LogP contribution in [0.15, 0.2) is 12.1 Å². The molecule has 3 N–H and O–H groups in total. The second-order valence-electron chi connectivity index (χ2n) is 11.5. The third-order valence-corrected chi connectivity index (χ3v) is 9.99. The van der Waals surface area contributed by atoms with Crippen LogP contribution in [0.5, 0.6) is 0 Å². The van der Waals surface area contributed by atoms with E-state index < -0.39 is 30.4 Å². The molecule has 5 atom stereocenters. The number of benzene rings is 1. The fraction of sp³-hybridized carbons (Fsp3) is 0.778. The van der Waals surface area contributed by atoms with Gasteiger partial charge in [-0.1, -0.05) is 61.1 Å². The minimum atomic E-state index is -3.93. The van der Waals surface area contributed by atoms with Crippen molar-refractivity contribution in [3.63, 3.8) is 0 Å². The summed E-state index contributed by atoms with van der Waals surface area (Å²) in [5.74, 6) is 1.59. The zero-order valence-electron chi connectivity index (χ0n) is 24.2. The second kappa shape index (κ2) is 16.4. The Morgan fingerprint density at radius 1 is 0.718 bits per heavy atom. The maximum atomic E-state index is 10.8. The van der Waals surface area contributed by atoms with Crippen LogP contribution >= 0.6 is 0 Å². The molecule has 0 radical (unpaired) electrons. The van der Waals surface area contributed by atoms with Gasteiger partial charge in [0.25, 0.3) is 30.4 Å². The van der Waals surface area contributed by atoms with Gasteiger partial charge in [0.05, 0.1) is 11.5 Å². The van der Waals surface area contributed by atoms with Gasteiger partial charge in [0.15, 0.2) is 0 Å². The molecule has 9 nitrogen and oxygen atoms in total. The number of rotatable bonds is 7. The molecular weight excluding hydrogens is 564 g/mol. The highest BCUT2D eigenvalue weighted by molar-refractivity contribution is 7.86. The van der Waals surface area contributed by atoms with Gasteiger partial charge in [-0.15, -0.1) is 0 Å². The van der Waals surface area contributed by atoms with E-state index in [1.807, 2.05) is 40.7 Å². The number of hydrogen-bond donors (Lipinski definition) is 3. The predicted octanol–water partition coefficient (Wildman–Crippen LogP) is 5.99. The average Bonchev–Trinajstić information content (AvgIpc) is 2.68. The molecule has 232 valence electrons. The molecule has 39 heavy (non-hydrogen) atoms. The van der Waals surface area contributed by atoms with E-state index >= 15 is 0 Å². The van der Waals surface area contributed by atoms with Crippen molar-refractivity contribution >= 4 is 30.4 Å². The Balaban J connectivity index is 0. The van der Waals surface area contributed by atoms with Crippen molar-refractivity contribution < 1.29 is 38.9 Å². The number of aryl methyl sites for hydroxylation is 3. The first kappa shape index (κ1) is 40.1. The molecule has 5 unspecified atom stereocenters. The molecule has 1 fully saturated rings. The first-order valence-corrected chi connectivity index (χ1v) is 17.7. The van der Waals surface area contributed by atoms with Crippen LogP contribution in [0.4, 0.5) is 0 Å². The summed E-state index contributed by atoms with van der Waals surface area (Å²) in [6, 6.07) is 3.73. The highest BCUT2D eigenvalue weighted by atomic mass is 32.2. The van der Waals surface area contributed by atoms with Crippen molar-refractivity contribution in [2.45, 2.75) is 88.3 Å². The molecule has 12 heteroatoms. The summed E-state index contributed by atoms with van der Waals surface area (Å²) >= 11 is 0. The molecule has 1 aliphatic rings. The van der Waals surface area contributed by atoms with Crippen LogP contribution in [-0.2, 0) is 36.1 Å². The molecular formula is C27H52O9S3. The maximum Gasteiger partial charge on any atom is 0.269 e. The Hall–Kier alpha value is -1.05. The van der Waals surface area contributed by atoms with Gasteiger partial charge >= 0.3 is 0 Å². The smallest absolute Gasteiger partial charge is 0.269 e. The molecule has 0 bridgehead atoms. The Morgan fingerprint density at radius 2 is 1.18 bits per heavy atom. The van der Waals surface area contributed by atoms with Crippen LogP contribution in [0.1, 0.15) is 84.1 Å². The second-order valence-corrected chi connectivity index (χ2v) is 15.9. The predicted molar refractivity (Wildman–Crippen MR) is 160 cm³/mol. The lowest BCUT2D eigenvalue weighted by atomic mass is 9.71. The van der Waals surface area contributed by atoms with Gasteiger partial charge < -0.3 is 0 Å². The normalized spacial score (nSPS) is 22.5. The van der Waals surface area contributed by atoms with E-state index in [0.29, 0.717) is 29.2 Å². The third-order valence-electron chi connectivity index (χ3n) is 7.52. The third kappa shape index (κ3) is 18.1. The van der Waals surface area contributed by atoms with Crippen LogP contribution in [0.25, 0.3) is 0 Å². The molecule has 0 aliphatic heterocycles. The minimum absolute atomic E-state index is 0. The van der Waals surface area contributed by atoms with Gasteiger partial charge in [-0.3, -0.25) is 13.7 Å². The Morgan fingerprint density at radius 3 is 1.56 bits per heavy atom. The standard InChI is InChI=1S/C10H20O3S.C10H14O3S.C6H14O3S.CH4/c2*1-7-4-9(3)10(5-8(7)2)6-14(11,12)13;1-5(2)6(3)4-10(7,8)9;/h7-10H,4-6H2,1-3H3,(H,11,12,13);4-5H,6H2,1-3H3,(H,11,12,13);5-6H,4H2,1-3H3,(H,7,8,9);1H4. The molecule has 0 heterocycles. The molecule has 1 aromatic rings. The quantitative estimate of drug-likeness (QED) is 0.312. The van der Waals surface area contributed by atoms with Crippen molar-refractivity contribution in [3.05, 3.63) is 34.4 Å². The zero-order chi connectivity index (χ0) is 30.2. The van der Waals surface area contributed by atoms with E-state index in [1.165, 1.54) is 0 Å². The van der Waals surface area contributed by atoms with Crippen LogP contribution in [0.2, 0.25) is 0 Å². The first-order valence-electron chi connectivity index (χ1n) is 12.8. The van der Waals surface area contributed by atoms with Crippen molar-refractivity contribution in [1.29, 1.82) is 0 Å². The fourth-order valence-electron chi connectivity index (χ4n) is 4.35. The summed E-state index contributed by atoms with van der Waals surface area (Å²) < 4.78 is 89.5. The van der Waals surface area contributed by atoms with Gasteiger partial charge in [-0.05, 0) is 91.4 Å². The molecule has 1 saturated carbocycles. The lowest BCUT2D eigenvalue weighted by Crippen LogP contribution is -2.32. The van der Waals surface area contributed by atoms with E-state index in [1.54, 1.807) is 13.0 Å². The molecule has 0 aromatic heterocycles. The summed E-state index contributed by atoms with van der Waals surface area (Å²) in [5, 5.41) is 0. The zero-order valence-corrected chi connectivity index (χ0v) is 26.6. The lowest BCUT2D eigenvalue weighted by Gasteiger charge is -2.36. The van der Waals surface area contributed by atoms with Crippen molar-refractivity contribution in [3.8, 4) is 0 Å². The van der Waals surface area contributed by atoms with Gasteiger partial charge in [-0.2, -0.15) is 25.3 Å². The van der Waals surface area contributed by atoms with Gasteiger partial charge in [-0.25, -0.2) is 0 Å². The molecule has 1 aromatic carbocycles. The summed E-state index contributed by atoms with van der Waals surface area (Å²) in [5.41, 5.74) is 3.72. The van der Waals surface area contributed by atoms with E-state index in [9.17, 15) is 25.3 Å². The monoisotopic (exact) mass is 616 g/mol. The van der Waals surface area contributed by atoms with Crippen molar-refractivity contribution in [1.82, 2.24) is 0 Å². The minimum Gasteiger partial charge on any atom is -0.286 e. The van der Waals surface area contributed by atoms with Crippen LogP contribution < -0.4 is 0 Å². The Bertz CT molecular complexity index is 1210. The summed E-state index contributed by atoms with van der Waals surface area (Å²) in [6.45, 7) is 17.8. The molecule has 0 spiro atoms. The largest absolute Gasteiger partial charge is 0.286 e. The fourth-order valence-corrected chi connectivity index (χ4v) is 7.11. The summed E-state index contributed by atoms with van der Waals surface area (Å²) in [4.78, 5) is 0. The van der Waals surface area contributed by atoms with E-state index in [-0.39, 0.29) is 36.5 Å². The highest BCUT2D eigenvalue weighted by Crippen LogP contribution is 2.37. The maximum absolute atomic E-state index is 10.8. The van der Waals surface area contributed by atoms with Crippen LogP contribution in [0, 0.1) is 56.3 Å². The first-order chi connectivity index (χ1) is 16.9. The van der Waals surface area contributed by atoms with Crippen LogP contribution in [0.3, 0.4) is 0 Å². The molecule has 0 amide bonds. The molecule has 1 aliphatic carbocycles. The molecule has 0 saturated heterocycles. The highest BCUT2D eigenvalue weighted by Gasteiger charge is 2.32. The Labute approximate surface area is 238 Å². The van der Waals surface area contributed by atoms with Crippen molar-refractivity contribution in [2.24, 2.45) is 35.5 Å². The summed E-state index contributed by atoms with van der Waals surface area (Å²) in [7, 11) is -11.5. The number of hydrogen-bond acceptors (Lipinski definition) is 6. The summed E-state index contributed by atoms with van der Waals surface area (Å²) in [6.07, 6.45) is 1.99. The van der Waals surface area contributed by atoms with E-state index in [0.717, 1.165) is 29.5 Å². The topological polar surface area (TPSA) is 163 Å². The van der Waals surface area contributed by atoms with Gasteiger partial charge in [0, 0.05) is 0 Å². The van der Waals surface area contributed by atoms with Crippen LogP contribution in [-0.4, -0.2) is 50.4 Å². The molecule has 2 rings (SSSR count). The van der Waals surface area contributed by atoms with Crippen molar-refractivity contribution in [2.75, 3.05) is 11.5 Å². The lowest BCUT2D eigenvalue weighted by molar-refractivity contribution is 0.157. The van der Waals surface area contributed by atoms with E-state index in [2.05, 4.69) is 20.8 Å². The van der Waals surface area contributed by atoms with Gasteiger partial charge in [0.1, 0.15) is 5.75 Å². The SMILES string of the molecule is C.CC(C)C(C)CS(=O)(=O)O.CC1CC(C)C(CS(=O)(=O)O)CC1C.Cc1cc(C)c(CS(=O)(=O)O)cc1C. The van der Waals surface area contributed by atoms with E-state index in [4.69, 9.17) is 13.7 Å². The van der Waals surface area contributed by atoms with Gasteiger partial charge in [0.2, 0.25) is 0 Å².